The number of aromatic nitrogens is 2. The maximum Gasteiger partial charge on any atom is 0.250 e. The van der Waals surface area contributed by atoms with Gasteiger partial charge in [-0.3, -0.25) is 0 Å². The molecule has 4 nitrogen and oxygen atoms in total. The first-order valence-corrected chi connectivity index (χ1v) is 4.60. The molecule has 0 unspecified atom stereocenters. The van der Waals surface area contributed by atoms with Crippen LogP contribution in [-0.4, -0.2) is 10.2 Å². The molecule has 0 saturated carbocycles. The molecule has 0 spiro atoms. The lowest BCUT2D eigenvalue weighted by Crippen LogP contribution is -1.95. The molecule has 2 aromatic rings. The van der Waals surface area contributed by atoms with Crippen molar-refractivity contribution in [3.05, 3.63) is 35.2 Å². The summed E-state index contributed by atoms with van der Waals surface area (Å²) in [6, 6.07) is 2.11. The molecule has 0 fully saturated rings. The summed E-state index contributed by atoms with van der Waals surface area (Å²) in [5.41, 5.74) is 5.67. The molecule has 0 aliphatic rings. The molecule has 16 heavy (non-hydrogen) atoms. The van der Waals surface area contributed by atoms with Crippen LogP contribution in [0, 0.1) is 18.6 Å². The zero-order chi connectivity index (χ0) is 11.7. The van der Waals surface area contributed by atoms with Crippen LogP contribution in [0.5, 0.6) is 0 Å². The van der Waals surface area contributed by atoms with Crippen LogP contribution in [0.15, 0.2) is 16.5 Å². The van der Waals surface area contributed by atoms with Crippen LogP contribution in [0.4, 0.5) is 8.78 Å². The summed E-state index contributed by atoms with van der Waals surface area (Å²) in [6.07, 6.45) is 0. The van der Waals surface area contributed by atoms with E-state index in [1.807, 2.05) is 0 Å². The van der Waals surface area contributed by atoms with E-state index in [1.54, 1.807) is 0 Å². The molecule has 1 aromatic heterocycles. The molecule has 0 radical (unpaired) electrons. The van der Waals surface area contributed by atoms with Crippen LogP contribution < -0.4 is 5.73 Å². The molecule has 1 aromatic carbocycles. The number of nitrogens with zero attached hydrogens (tertiary/aromatic N) is 2. The van der Waals surface area contributed by atoms with Gasteiger partial charge in [0, 0.05) is 6.07 Å². The van der Waals surface area contributed by atoms with Gasteiger partial charge in [-0.2, -0.15) is 0 Å². The summed E-state index contributed by atoms with van der Waals surface area (Å²) in [6.45, 7) is 1.60. The largest absolute Gasteiger partial charge is 0.419 e. The predicted molar refractivity (Wildman–Crippen MR) is 52.3 cm³/mol. The summed E-state index contributed by atoms with van der Waals surface area (Å²) in [5.74, 6) is -1.15. The quantitative estimate of drug-likeness (QED) is 0.846. The van der Waals surface area contributed by atoms with Gasteiger partial charge in [0.2, 0.25) is 5.89 Å². The lowest BCUT2D eigenvalue weighted by Gasteiger charge is -2.00. The van der Waals surface area contributed by atoms with Gasteiger partial charge < -0.3 is 10.2 Å². The molecule has 2 N–H and O–H groups in total. The normalized spacial score (nSPS) is 10.8. The third-order valence-corrected chi connectivity index (χ3v) is 2.12. The SMILES string of the molecule is Cc1cc(-c2nnc(CN)o2)c(F)cc1F. The number of hydrogen-bond donors (Lipinski definition) is 1. The van der Waals surface area contributed by atoms with Crippen molar-refractivity contribution in [3.8, 4) is 11.5 Å². The molecule has 0 aliphatic carbocycles. The summed E-state index contributed by atoms with van der Waals surface area (Å²) in [4.78, 5) is 0. The van der Waals surface area contributed by atoms with Crippen LogP contribution >= 0.6 is 0 Å². The summed E-state index contributed by atoms with van der Waals surface area (Å²) in [7, 11) is 0. The number of benzene rings is 1. The lowest BCUT2D eigenvalue weighted by molar-refractivity contribution is 0.503. The van der Waals surface area contributed by atoms with Gasteiger partial charge in [-0.05, 0) is 18.6 Å². The predicted octanol–water partition coefficient (Wildman–Crippen LogP) is 1.78. The highest BCUT2D eigenvalue weighted by atomic mass is 19.1. The van der Waals surface area contributed by atoms with Crippen molar-refractivity contribution in [2.24, 2.45) is 5.73 Å². The van der Waals surface area contributed by atoms with Gasteiger partial charge in [0.1, 0.15) is 11.6 Å². The fraction of sp³-hybridized carbons (Fsp3) is 0.200. The van der Waals surface area contributed by atoms with Crippen LogP contribution in [-0.2, 0) is 6.54 Å². The zero-order valence-corrected chi connectivity index (χ0v) is 8.50. The Labute approximate surface area is 90.1 Å². The molecule has 0 aliphatic heterocycles. The second-order valence-corrected chi connectivity index (χ2v) is 3.29. The van der Waals surface area contributed by atoms with E-state index in [9.17, 15) is 8.78 Å². The van der Waals surface area contributed by atoms with E-state index < -0.39 is 11.6 Å². The topological polar surface area (TPSA) is 64.9 Å². The van der Waals surface area contributed by atoms with Gasteiger partial charge in [-0.1, -0.05) is 0 Å². The number of nitrogens with two attached hydrogens (primary N) is 1. The van der Waals surface area contributed by atoms with Crippen LogP contribution in [0.2, 0.25) is 0 Å². The van der Waals surface area contributed by atoms with E-state index in [2.05, 4.69) is 10.2 Å². The van der Waals surface area contributed by atoms with Crippen LogP contribution in [0.25, 0.3) is 11.5 Å². The molecular formula is C10H9F2N3O. The second kappa shape index (κ2) is 3.97. The first kappa shape index (κ1) is 10.7. The number of rotatable bonds is 2. The van der Waals surface area contributed by atoms with Crippen molar-refractivity contribution in [1.29, 1.82) is 0 Å². The fourth-order valence-electron chi connectivity index (χ4n) is 1.27. The van der Waals surface area contributed by atoms with Crippen molar-refractivity contribution in [1.82, 2.24) is 10.2 Å². The monoisotopic (exact) mass is 225 g/mol. The van der Waals surface area contributed by atoms with Crippen molar-refractivity contribution in [2.75, 3.05) is 0 Å². The minimum Gasteiger partial charge on any atom is -0.419 e. The molecule has 0 amide bonds. The highest BCUT2D eigenvalue weighted by Gasteiger charge is 2.14. The van der Waals surface area contributed by atoms with Crippen LogP contribution in [0.1, 0.15) is 11.5 Å². The summed E-state index contributed by atoms with van der Waals surface area (Å²) < 4.78 is 31.5. The smallest absolute Gasteiger partial charge is 0.250 e. The molecule has 0 atom stereocenters. The fourth-order valence-corrected chi connectivity index (χ4v) is 1.27. The number of halogens is 2. The standard InChI is InChI=1S/C10H9F2N3O/c1-5-2-6(8(12)3-7(5)11)10-15-14-9(4-13)16-10/h2-3H,4,13H2,1H3. The van der Waals surface area contributed by atoms with E-state index in [-0.39, 0.29) is 23.9 Å². The van der Waals surface area contributed by atoms with Gasteiger partial charge in [-0.15, -0.1) is 10.2 Å². The third kappa shape index (κ3) is 1.79. The maximum atomic E-state index is 13.4. The van der Waals surface area contributed by atoms with Gasteiger partial charge in [-0.25, -0.2) is 8.78 Å². The Morgan fingerprint density at radius 1 is 1.25 bits per heavy atom. The highest BCUT2D eigenvalue weighted by Crippen LogP contribution is 2.24. The van der Waals surface area contributed by atoms with E-state index in [1.165, 1.54) is 13.0 Å². The van der Waals surface area contributed by atoms with E-state index in [0.717, 1.165) is 6.07 Å². The maximum absolute atomic E-state index is 13.4. The van der Waals surface area contributed by atoms with Gasteiger partial charge in [0.05, 0.1) is 12.1 Å². The summed E-state index contributed by atoms with van der Waals surface area (Å²) in [5, 5.41) is 7.23. The van der Waals surface area contributed by atoms with E-state index in [0.29, 0.717) is 5.56 Å². The Kier molecular flexibility index (Phi) is 2.66. The molecule has 0 saturated heterocycles. The number of aryl methyl sites for hydroxylation is 1. The molecular weight excluding hydrogens is 216 g/mol. The molecule has 84 valence electrons. The molecule has 0 bridgehead atoms. The first-order valence-electron chi connectivity index (χ1n) is 4.60. The molecule has 1 heterocycles. The Balaban J connectivity index is 2.51. The first-order chi connectivity index (χ1) is 7.61. The average molecular weight is 225 g/mol. The zero-order valence-electron chi connectivity index (χ0n) is 8.50. The molecule has 2 rings (SSSR count). The summed E-state index contributed by atoms with van der Waals surface area (Å²) >= 11 is 0. The van der Waals surface area contributed by atoms with Gasteiger partial charge >= 0.3 is 0 Å². The minimum atomic E-state index is -0.740. The van der Waals surface area contributed by atoms with E-state index >= 15 is 0 Å². The van der Waals surface area contributed by atoms with Crippen molar-refractivity contribution >= 4 is 0 Å². The Bertz CT molecular complexity index is 525. The van der Waals surface area contributed by atoms with Gasteiger partial charge in [0.25, 0.3) is 5.89 Å². The van der Waals surface area contributed by atoms with Crippen molar-refractivity contribution in [3.63, 3.8) is 0 Å². The Hall–Kier alpha value is -1.82. The molecule has 6 heteroatoms. The number of hydrogen-bond acceptors (Lipinski definition) is 4. The van der Waals surface area contributed by atoms with Crippen LogP contribution in [0.3, 0.4) is 0 Å². The van der Waals surface area contributed by atoms with E-state index in [4.69, 9.17) is 10.2 Å². The third-order valence-electron chi connectivity index (χ3n) is 2.12. The Morgan fingerprint density at radius 3 is 2.62 bits per heavy atom. The second-order valence-electron chi connectivity index (χ2n) is 3.29. The van der Waals surface area contributed by atoms with Crippen molar-refractivity contribution in [2.45, 2.75) is 13.5 Å². The Morgan fingerprint density at radius 2 is 2.00 bits per heavy atom. The minimum absolute atomic E-state index is 0.000972. The van der Waals surface area contributed by atoms with Crippen molar-refractivity contribution < 1.29 is 13.2 Å². The average Bonchev–Trinajstić information content (AvgIpc) is 2.71. The lowest BCUT2D eigenvalue weighted by atomic mass is 10.1. The van der Waals surface area contributed by atoms with Gasteiger partial charge in [0.15, 0.2) is 0 Å². The highest BCUT2D eigenvalue weighted by molar-refractivity contribution is 5.55.